The Kier molecular flexibility index (Phi) is 2.50. The summed E-state index contributed by atoms with van der Waals surface area (Å²) >= 11 is 0. The molecule has 15 heavy (non-hydrogen) atoms. The van der Waals surface area contributed by atoms with E-state index in [1.807, 2.05) is 0 Å². The summed E-state index contributed by atoms with van der Waals surface area (Å²) in [7, 11) is 0. The highest BCUT2D eigenvalue weighted by Gasteiger charge is 2.57. The molecule has 2 saturated carbocycles. The number of hydrogen-bond acceptors (Lipinski definition) is 4. The molecule has 2 aliphatic rings. The molecule has 0 heterocycles. The molecule has 2 rings (SSSR count). The van der Waals surface area contributed by atoms with Gasteiger partial charge in [0.05, 0.1) is 5.92 Å². The minimum Gasteiger partial charge on any atom is -0.382 e. The molecule has 0 aromatic heterocycles. The lowest BCUT2D eigenvalue weighted by molar-refractivity contribution is -0.551. The van der Waals surface area contributed by atoms with Crippen LogP contribution in [0.4, 0.5) is 0 Å². The van der Waals surface area contributed by atoms with Crippen LogP contribution >= 0.6 is 0 Å². The minimum absolute atomic E-state index is 0.00954. The summed E-state index contributed by atoms with van der Waals surface area (Å²) < 4.78 is 0. The first kappa shape index (κ1) is 10.5. The maximum Gasteiger partial charge on any atom is 0.242 e. The van der Waals surface area contributed by atoms with Crippen LogP contribution in [0.1, 0.15) is 38.5 Å². The van der Waals surface area contributed by atoms with Crippen LogP contribution in [-0.2, 0) is 4.79 Å². The molecule has 3 unspecified atom stereocenters. The second-order valence-corrected chi connectivity index (χ2v) is 4.60. The van der Waals surface area contributed by atoms with E-state index in [0.717, 1.165) is 12.8 Å². The van der Waals surface area contributed by atoms with Crippen molar-refractivity contribution >= 4 is 5.78 Å². The average molecular weight is 213 g/mol. The molecule has 2 aliphatic carbocycles. The van der Waals surface area contributed by atoms with Crippen molar-refractivity contribution in [2.45, 2.75) is 50.2 Å². The van der Waals surface area contributed by atoms with Crippen molar-refractivity contribution in [1.29, 1.82) is 0 Å². The Morgan fingerprint density at radius 3 is 2.80 bits per heavy atom. The van der Waals surface area contributed by atoms with E-state index in [4.69, 9.17) is 0 Å². The third kappa shape index (κ3) is 1.55. The van der Waals surface area contributed by atoms with Crippen LogP contribution in [0, 0.1) is 16.0 Å². The predicted molar refractivity (Wildman–Crippen MR) is 51.9 cm³/mol. The van der Waals surface area contributed by atoms with Crippen molar-refractivity contribution in [2.24, 2.45) is 5.92 Å². The minimum atomic E-state index is -1.36. The molecular formula is C10H15NO4. The topological polar surface area (TPSA) is 80.4 Å². The normalized spacial score (nSPS) is 41.0. The van der Waals surface area contributed by atoms with Crippen molar-refractivity contribution in [3.63, 3.8) is 0 Å². The standard InChI is InChI=1S/C10H15NO4/c12-8-4-5-9(11(14)15)10(13)6-2-1-3-7(8)10/h7,9,13H,1-6H2. The summed E-state index contributed by atoms with van der Waals surface area (Å²) in [5.74, 6) is -0.481. The van der Waals surface area contributed by atoms with Crippen molar-refractivity contribution in [3.05, 3.63) is 10.1 Å². The molecule has 0 aliphatic heterocycles. The van der Waals surface area contributed by atoms with E-state index in [2.05, 4.69) is 0 Å². The van der Waals surface area contributed by atoms with Gasteiger partial charge < -0.3 is 5.11 Å². The second kappa shape index (κ2) is 3.56. The van der Waals surface area contributed by atoms with Crippen LogP contribution < -0.4 is 0 Å². The number of fused-ring (bicyclic) bond motifs is 1. The van der Waals surface area contributed by atoms with Crippen molar-refractivity contribution in [1.82, 2.24) is 0 Å². The Labute approximate surface area is 87.6 Å². The van der Waals surface area contributed by atoms with Gasteiger partial charge in [0.25, 0.3) is 0 Å². The van der Waals surface area contributed by atoms with Gasteiger partial charge in [0, 0.05) is 17.8 Å². The van der Waals surface area contributed by atoms with E-state index in [9.17, 15) is 20.0 Å². The first-order chi connectivity index (χ1) is 7.05. The highest BCUT2D eigenvalue weighted by Crippen LogP contribution is 2.43. The molecule has 5 heteroatoms. The fourth-order valence-electron chi connectivity index (χ4n) is 3.01. The highest BCUT2D eigenvalue weighted by molar-refractivity contribution is 5.83. The number of aliphatic hydroxyl groups is 1. The van der Waals surface area contributed by atoms with E-state index in [1.165, 1.54) is 0 Å². The monoisotopic (exact) mass is 213 g/mol. The summed E-state index contributed by atoms with van der Waals surface area (Å²) in [5, 5.41) is 21.2. The van der Waals surface area contributed by atoms with Crippen LogP contribution in [0.3, 0.4) is 0 Å². The van der Waals surface area contributed by atoms with Gasteiger partial charge in [-0.25, -0.2) is 0 Å². The summed E-state index contributed by atoms with van der Waals surface area (Å²) in [6.45, 7) is 0. The van der Waals surface area contributed by atoms with Gasteiger partial charge in [-0.1, -0.05) is 12.8 Å². The van der Waals surface area contributed by atoms with E-state index >= 15 is 0 Å². The number of Topliss-reactive ketones (excluding diaryl/α,β-unsaturated/α-hetero) is 1. The summed E-state index contributed by atoms with van der Waals surface area (Å²) in [6, 6.07) is -0.944. The second-order valence-electron chi connectivity index (χ2n) is 4.60. The van der Waals surface area contributed by atoms with Crippen LogP contribution in [0.2, 0.25) is 0 Å². The molecule has 0 saturated heterocycles. The summed E-state index contributed by atoms with van der Waals surface area (Å²) in [6.07, 6.45) is 3.12. The molecule has 3 atom stereocenters. The Morgan fingerprint density at radius 2 is 2.13 bits per heavy atom. The highest BCUT2D eigenvalue weighted by atomic mass is 16.6. The third-order valence-electron chi connectivity index (χ3n) is 3.81. The molecule has 0 aromatic carbocycles. The Balaban J connectivity index is 2.30. The van der Waals surface area contributed by atoms with Gasteiger partial charge in [-0.2, -0.15) is 0 Å². The molecule has 84 valence electrons. The van der Waals surface area contributed by atoms with Gasteiger partial charge in [-0.3, -0.25) is 14.9 Å². The van der Waals surface area contributed by atoms with Crippen LogP contribution in [-0.4, -0.2) is 27.5 Å². The Morgan fingerprint density at radius 1 is 1.40 bits per heavy atom. The lowest BCUT2D eigenvalue weighted by Gasteiger charge is -2.43. The molecular weight excluding hydrogens is 198 g/mol. The van der Waals surface area contributed by atoms with Crippen molar-refractivity contribution in [2.75, 3.05) is 0 Å². The maximum absolute atomic E-state index is 11.6. The van der Waals surface area contributed by atoms with Gasteiger partial charge in [0.2, 0.25) is 6.04 Å². The first-order valence-electron chi connectivity index (χ1n) is 5.44. The fraction of sp³-hybridized carbons (Fsp3) is 0.900. The molecule has 2 fully saturated rings. The van der Waals surface area contributed by atoms with Gasteiger partial charge in [0.1, 0.15) is 11.4 Å². The maximum atomic E-state index is 11.6. The number of hydrogen-bond donors (Lipinski definition) is 1. The van der Waals surface area contributed by atoms with Gasteiger partial charge >= 0.3 is 0 Å². The number of nitrogens with zero attached hydrogens (tertiary/aromatic N) is 1. The third-order valence-corrected chi connectivity index (χ3v) is 3.81. The fourth-order valence-corrected chi connectivity index (χ4v) is 3.01. The predicted octanol–water partition coefficient (Wildman–Crippen LogP) is 0.916. The Bertz CT molecular complexity index is 300. The summed E-state index contributed by atoms with van der Waals surface area (Å²) in [5.41, 5.74) is -1.36. The van der Waals surface area contributed by atoms with Crippen LogP contribution in [0.25, 0.3) is 0 Å². The van der Waals surface area contributed by atoms with Crippen molar-refractivity contribution < 1.29 is 14.8 Å². The molecule has 5 nitrogen and oxygen atoms in total. The number of carbonyl (C=O) groups excluding carboxylic acids is 1. The van der Waals surface area contributed by atoms with Gasteiger partial charge in [-0.15, -0.1) is 0 Å². The van der Waals surface area contributed by atoms with Gasteiger partial charge in [-0.05, 0) is 12.8 Å². The molecule has 1 N–H and O–H groups in total. The quantitative estimate of drug-likeness (QED) is 0.518. The smallest absolute Gasteiger partial charge is 0.242 e. The van der Waals surface area contributed by atoms with E-state index < -0.39 is 22.5 Å². The van der Waals surface area contributed by atoms with E-state index in [1.54, 1.807) is 0 Å². The van der Waals surface area contributed by atoms with Crippen LogP contribution in [0.15, 0.2) is 0 Å². The first-order valence-corrected chi connectivity index (χ1v) is 5.44. The molecule has 0 spiro atoms. The lowest BCUT2D eigenvalue weighted by atomic mass is 9.64. The molecule has 0 aromatic rings. The van der Waals surface area contributed by atoms with Crippen LogP contribution in [0.5, 0.6) is 0 Å². The lowest BCUT2D eigenvalue weighted by Crippen LogP contribution is -2.59. The Hall–Kier alpha value is -0.970. The number of rotatable bonds is 1. The number of carbonyl (C=O) groups is 1. The zero-order valence-electron chi connectivity index (χ0n) is 8.52. The molecule has 0 radical (unpaired) electrons. The summed E-state index contributed by atoms with van der Waals surface area (Å²) in [4.78, 5) is 22.1. The molecule has 0 bridgehead atoms. The van der Waals surface area contributed by atoms with Crippen molar-refractivity contribution in [3.8, 4) is 0 Å². The number of ketones is 1. The largest absolute Gasteiger partial charge is 0.382 e. The zero-order chi connectivity index (χ0) is 11.1. The van der Waals surface area contributed by atoms with Gasteiger partial charge in [0.15, 0.2) is 0 Å². The van der Waals surface area contributed by atoms with E-state index in [-0.39, 0.29) is 18.6 Å². The average Bonchev–Trinajstić information content (AvgIpc) is 2.17. The number of nitro groups is 1. The SMILES string of the molecule is O=C1CCC([N+](=O)[O-])C2(O)CCCCC12. The van der Waals surface area contributed by atoms with E-state index in [0.29, 0.717) is 12.8 Å². The zero-order valence-corrected chi connectivity index (χ0v) is 8.52. The molecule has 0 amide bonds.